The van der Waals surface area contributed by atoms with Gasteiger partial charge in [-0.3, -0.25) is 5.41 Å². The Balaban J connectivity index is 0.00000144. The Kier molecular flexibility index (Phi) is 4.06. The Morgan fingerprint density at radius 3 is 2.62 bits per heavy atom. The molecule has 2 atom stereocenters. The van der Waals surface area contributed by atoms with Crippen LogP contribution < -0.4 is 5.73 Å². The molecule has 0 aliphatic heterocycles. The molecule has 0 fully saturated rings. The summed E-state index contributed by atoms with van der Waals surface area (Å²) < 4.78 is 23.7. The highest BCUT2D eigenvalue weighted by Crippen LogP contribution is 2.33. The van der Waals surface area contributed by atoms with E-state index in [1.165, 1.54) is 6.08 Å². The molecule has 0 spiro atoms. The molecule has 0 bridgehead atoms. The third-order valence-corrected chi connectivity index (χ3v) is 2.19. The average Bonchev–Trinajstić information content (AvgIpc) is 1.94. The molecule has 0 heterocycles. The fraction of sp³-hybridized carbons (Fsp3) is 0.286. The van der Waals surface area contributed by atoms with Crippen molar-refractivity contribution >= 4 is 34.2 Å². The van der Waals surface area contributed by atoms with Crippen molar-refractivity contribution in [1.29, 1.82) is 5.41 Å². The van der Waals surface area contributed by atoms with Gasteiger partial charge >= 0.3 is 0 Å². The second-order valence-corrected chi connectivity index (χ2v) is 3.66. The number of alkyl halides is 3. The lowest BCUT2D eigenvalue weighted by molar-refractivity contribution is 0.220. The van der Waals surface area contributed by atoms with Gasteiger partial charge in [0.25, 0.3) is 0 Å². The zero-order valence-corrected chi connectivity index (χ0v) is 8.83. The van der Waals surface area contributed by atoms with E-state index in [-0.39, 0.29) is 23.8 Å². The first-order valence-electron chi connectivity index (χ1n) is 3.21. The van der Waals surface area contributed by atoms with E-state index in [0.717, 1.165) is 12.2 Å². The van der Waals surface area contributed by atoms with Gasteiger partial charge in [0.15, 0.2) is 6.17 Å². The lowest BCUT2D eigenvalue weighted by Crippen LogP contribution is -2.28. The Labute approximate surface area is 88.9 Å². The van der Waals surface area contributed by atoms with Crippen LogP contribution >= 0.6 is 28.3 Å². The highest BCUT2D eigenvalue weighted by atomic mass is 79.9. The van der Waals surface area contributed by atoms with E-state index in [1.807, 2.05) is 0 Å². The van der Waals surface area contributed by atoms with Gasteiger partial charge in [-0.1, -0.05) is 6.08 Å². The Hall–Kier alpha value is -0.420. The van der Waals surface area contributed by atoms with E-state index < -0.39 is 10.7 Å². The van der Waals surface area contributed by atoms with Crippen LogP contribution in [-0.2, 0) is 0 Å². The first-order chi connectivity index (χ1) is 5.43. The minimum absolute atomic E-state index is 0. The second kappa shape index (κ2) is 4.19. The summed E-state index contributed by atoms with van der Waals surface area (Å²) in [5, 5.41) is 6.96. The number of rotatable bonds is 1. The van der Waals surface area contributed by atoms with E-state index in [4.69, 9.17) is 11.1 Å². The number of hydrogen-bond donors (Lipinski definition) is 2. The summed E-state index contributed by atoms with van der Waals surface area (Å²) >= 11 is 2.55. The molecule has 13 heavy (non-hydrogen) atoms. The molecule has 0 aromatic rings. The van der Waals surface area contributed by atoms with Crippen molar-refractivity contribution in [2.45, 2.75) is 10.7 Å². The molecule has 0 aromatic carbocycles. The van der Waals surface area contributed by atoms with E-state index in [0.29, 0.717) is 0 Å². The molecule has 0 aromatic heterocycles. The van der Waals surface area contributed by atoms with Gasteiger partial charge in [0, 0.05) is 5.57 Å². The first-order valence-corrected chi connectivity index (χ1v) is 4.00. The maximum atomic E-state index is 13.0. The number of hydrogen-bond acceptors (Lipinski definition) is 1. The number of allylic oxidation sites excluding steroid dienone is 2. The van der Waals surface area contributed by atoms with Gasteiger partial charge in [0.2, 0.25) is 4.58 Å². The number of halogens is 4. The molecule has 1 aliphatic carbocycles. The van der Waals surface area contributed by atoms with Crippen LogP contribution in [0, 0.1) is 5.41 Å². The predicted octanol–water partition coefficient (Wildman–Crippen LogP) is 2.24. The van der Waals surface area contributed by atoms with Crippen LogP contribution in [0.1, 0.15) is 0 Å². The van der Waals surface area contributed by atoms with Crippen molar-refractivity contribution in [1.82, 2.24) is 0 Å². The predicted molar refractivity (Wildman–Crippen MR) is 54.0 cm³/mol. The molecule has 0 radical (unpaired) electrons. The Bertz CT molecular complexity index is 276. The third-order valence-electron chi connectivity index (χ3n) is 1.49. The molecule has 2 unspecified atom stereocenters. The molecule has 2 nitrogen and oxygen atoms in total. The maximum Gasteiger partial charge on any atom is 0.218 e. The van der Waals surface area contributed by atoms with Crippen molar-refractivity contribution in [3.63, 3.8) is 0 Å². The highest BCUT2D eigenvalue weighted by molar-refractivity contribution is 9.10. The fourth-order valence-corrected chi connectivity index (χ4v) is 1.06. The van der Waals surface area contributed by atoms with Crippen LogP contribution in [0.4, 0.5) is 8.78 Å². The quantitative estimate of drug-likeness (QED) is 0.430. The minimum Gasteiger partial charge on any atom is -0.384 e. The van der Waals surface area contributed by atoms with Gasteiger partial charge in [0.05, 0.1) is 0 Å². The Morgan fingerprint density at radius 2 is 2.23 bits per heavy atom. The van der Waals surface area contributed by atoms with Crippen molar-refractivity contribution in [3.8, 4) is 0 Å². The molecule has 0 amide bonds. The standard InChI is InChI=1S/C7H7BrF2N2.ClH/c8-7(10)2-1-4(6(11)12)3-5(7)9;/h1-3,5H,(H3,11,12);1H. The minimum atomic E-state index is -2.16. The van der Waals surface area contributed by atoms with E-state index >= 15 is 0 Å². The van der Waals surface area contributed by atoms with Crippen LogP contribution in [-0.4, -0.2) is 16.6 Å². The van der Waals surface area contributed by atoms with Gasteiger partial charge in [-0.05, 0) is 28.1 Å². The topological polar surface area (TPSA) is 49.9 Å². The zero-order chi connectivity index (χ0) is 9.35. The van der Waals surface area contributed by atoms with E-state index in [1.54, 1.807) is 0 Å². The lowest BCUT2D eigenvalue weighted by Gasteiger charge is -2.20. The summed E-state index contributed by atoms with van der Waals surface area (Å²) in [5.74, 6) is -0.267. The molecule has 3 N–H and O–H groups in total. The molecule has 1 aliphatic rings. The van der Waals surface area contributed by atoms with Gasteiger partial charge in [0.1, 0.15) is 5.84 Å². The number of amidine groups is 1. The monoisotopic (exact) mass is 272 g/mol. The van der Waals surface area contributed by atoms with Crippen LogP contribution in [0.25, 0.3) is 0 Å². The maximum absolute atomic E-state index is 13.0. The van der Waals surface area contributed by atoms with E-state index in [2.05, 4.69) is 15.9 Å². The van der Waals surface area contributed by atoms with Crippen LogP contribution in [0.2, 0.25) is 0 Å². The average molecular weight is 274 g/mol. The molecule has 74 valence electrons. The zero-order valence-electron chi connectivity index (χ0n) is 6.43. The molecule has 6 heteroatoms. The highest BCUT2D eigenvalue weighted by Gasteiger charge is 2.35. The first kappa shape index (κ1) is 12.6. The van der Waals surface area contributed by atoms with Gasteiger partial charge < -0.3 is 5.73 Å². The van der Waals surface area contributed by atoms with Gasteiger partial charge in [-0.25, -0.2) is 8.78 Å². The summed E-state index contributed by atoms with van der Waals surface area (Å²) in [7, 11) is 0. The van der Waals surface area contributed by atoms with Crippen LogP contribution in [0.5, 0.6) is 0 Å². The molecule has 0 saturated carbocycles. The number of nitrogens with one attached hydrogen (secondary N) is 1. The normalized spacial score (nSPS) is 31.9. The summed E-state index contributed by atoms with van der Waals surface area (Å²) in [5.41, 5.74) is 5.28. The SMILES string of the molecule is Cl.N=C(N)C1=CC(F)C(F)(Br)C=C1. The van der Waals surface area contributed by atoms with Crippen molar-refractivity contribution in [2.24, 2.45) is 5.73 Å². The van der Waals surface area contributed by atoms with Crippen molar-refractivity contribution in [2.75, 3.05) is 0 Å². The second-order valence-electron chi connectivity index (χ2n) is 2.45. The fourth-order valence-electron chi connectivity index (χ4n) is 0.797. The van der Waals surface area contributed by atoms with Crippen molar-refractivity contribution in [3.05, 3.63) is 23.8 Å². The Morgan fingerprint density at radius 1 is 1.69 bits per heavy atom. The smallest absolute Gasteiger partial charge is 0.218 e. The summed E-state index contributed by atoms with van der Waals surface area (Å²) in [6.45, 7) is 0. The van der Waals surface area contributed by atoms with Crippen molar-refractivity contribution < 1.29 is 8.78 Å². The molecular formula is C7H8BrClF2N2. The lowest BCUT2D eigenvalue weighted by atomic mass is 10.0. The largest absolute Gasteiger partial charge is 0.384 e. The molecule has 0 saturated heterocycles. The van der Waals surface area contributed by atoms with Crippen LogP contribution in [0.15, 0.2) is 23.8 Å². The van der Waals surface area contributed by atoms with E-state index in [9.17, 15) is 8.78 Å². The summed E-state index contributed by atoms with van der Waals surface area (Å²) in [4.78, 5) is 0. The molecular weight excluding hydrogens is 265 g/mol. The third kappa shape index (κ3) is 2.77. The van der Waals surface area contributed by atoms with Crippen LogP contribution in [0.3, 0.4) is 0 Å². The summed E-state index contributed by atoms with van der Waals surface area (Å²) in [6, 6.07) is 0. The molecule has 1 rings (SSSR count). The number of nitrogens with two attached hydrogens (primary N) is 1. The van der Waals surface area contributed by atoms with Gasteiger partial charge in [-0.2, -0.15) is 0 Å². The van der Waals surface area contributed by atoms with Gasteiger partial charge in [-0.15, -0.1) is 12.4 Å². The summed E-state index contributed by atoms with van der Waals surface area (Å²) in [6.07, 6.45) is 1.43.